The average molecular weight is 206 g/mol. The second-order valence-electron chi connectivity index (χ2n) is 5.48. The van der Waals surface area contributed by atoms with Gasteiger partial charge < -0.3 is 4.74 Å². The van der Waals surface area contributed by atoms with Crippen molar-refractivity contribution >= 4 is 5.97 Å². The lowest BCUT2D eigenvalue weighted by atomic mass is 9.59. The van der Waals surface area contributed by atoms with Crippen molar-refractivity contribution in [2.24, 2.45) is 17.3 Å². The van der Waals surface area contributed by atoms with E-state index in [9.17, 15) is 4.79 Å². The molecule has 0 amide bonds. The van der Waals surface area contributed by atoms with Crippen LogP contribution in [0.25, 0.3) is 0 Å². The number of esters is 1. The van der Waals surface area contributed by atoms with Crippen LogP contribution in [-0.2, 0) is 9.53 Å². The van der Waals surface area contributed by atoms with E-state index in [1.165, 1.54) is 31.3 Å². The standard InChI is InChI=1S/C13H18O2/c1-8-11-7-9-5-3-4-6-10(9)13(8,2)12(14)15-11/h7-8,10-11H,3-6H2,1-2H3/t8-,10-,11-,13+/m1/s1. The maximum Gasteiger partial charge on any atom is 0.313 e. The lowest BCUT2D eigenvalue weighted by molar-refractivity contribution is -0.148. The molecule has 3 rings (SSSR count). The van der Waals surface area contributed by atoms with Gasteiger partial charge in [-0.05, 0) is 38.2 Å². The predicted molar refractivity (Wildman–Crippen MR) is 57.2 cm³/mol. The molecule has 2 nitrogen and oxygen atoms in total. The van der Waals surface area contributed by atoms with E-state index in [-0.39, 0.29) is 17.5 Å². The zero-order chi connectivity index (χ0) is 10.6. The SMILES string of the molecule is C[C@@H]1[C@H]2C=C3CCCC[C@H]3[C@@]1(C)C(=O)O2. The molecule has 0 unspecified atom stereocenters. The Morgan fingerprint density at radius 1 is 1.47 bits per heavy atom. The highest BCUT2D eigenvalue weighted by atomic mass is 16.6. The lowest BCUT2D eigenvalue weighted by Gasteiger charge is -2.41. The molecule has 2 fully saturated rings. The van der Waals surface area contributed by atoms with E-state index < -0.39 is 0 Å². The first-order valence-electron chi connectivity index (χ1n) is 6.05. The van der Waals surface area contributed by atoms with Crippen molar-refractivity contribution in [3.8, 4) is 0 Å². The predicted octanol–water partition coefficient (Wildman–Crippen LogP) is 2.68. The van der Waals surface area contributed by atoms with Crippen LogP contribution < -0.4 is 0 Å². The Balaban J connectivity index is 2.08. The molecule has 2 aliphatic carbocycles. The minimum Gasteiger partial charge on any atom is -0.457 e. The van der Waals surface area contributed by atoms with E-state index in [4.69, 9.17) is 4.74 Å². The Labute approximate surface area is 90.7 Å². The number of rotatable bonds is 0. The molecule has 82 valence electrons. The van der Waals surface area contributed by atoms with Crippen LogP contribution in [0, 0.1) is 17.3 Å². The fourth-order valence-corrected chi connectivity index (χ4v) is 3.65. The maximum absolute atomic E-state index is 12.0. The molecule has 1 saturated heterocycles. The second-order valence-corrected chi connectivity index (χ2v) is 5.48. The van der Waals surface area contributed by atoms with Crippen molar-refractivity contribution in [1.82, 2.24) is 0 Å². The Hall–Kier alpha value is -0.790. The molecule has 3 aliphatic rings. The summed E-state index contributed by atoms with van der Waals surface area (Å²) in [6.07, 6.45) is 7.21. The monoisotopic (exact) mass is 206 g/mol. The van der Waals surface area contributed by atoms with E-state index in [0.29, 0.717) is 11.8 Å². The molecule has 2 bridgehead atoms. The average Bonchev–Trinajstić information content (AvgIpc) is 2.40. The number of hydrogen-bond donors (Lipinski definition) is 0. The summed E-state index contributed by atoms with van der Waals surface area (Å²) in [5.41, 5.74) is 1.27. The first-order valence-corrected chi connectivity index (χ1v) is 6.05. The number of allylic oxidation sites excluding steroid dienone is 1. The van der Waals surface area contributed by atoms with Gasteiger partial charge in [0.05, 0.1) is 5.41 Å². The number of carbonyl (C=O) groups is 1. The normalized spacial score (nSPS) is 48.3. The fraction of sp³-hybridized carbons (Fsp3) is 0.769. The molecule has 0 aromatic rings. The van der Waals surface area contributed by atoms with E-state index in [2.05, 4.69) is 19.9 Å². The van der Waals surface area contributed by atoms with E-state index in [1.807, 2.05) is 0 Å². The van der Waals surface area contributed by atoms with Crippen molar-refractivity contribution < 1.29 is 9.53 Å². The molecule has 1 aliphatic heterocycles. The first kappa shape index (κ1) is 9.44. The quantitative estimate of drug-likeness (QED) is 0.450. The molecule has 1 heterocycles. The van der Waals surface area contributed by atoms with E-state index in [0.717, 1.165) is 0 Å². The van der Waals surface area contributed by atoms with E-state index >= 15 is 0 Å². The van der Waals surface area contributed by atoms with Gasteiger partial charge in [0.15, 0.2) is 0 Å². The number of fused-ring (bicyclic) bond motifs is 4. The van der Waals surface area contributed by atoms with Crippen molar-refractivity contribution in [2.75, 3.05) is 0 Å². The highest BCUT2D eigenvalue weighted by Crippen LogP contribution is 2.55. The maximum atomic E-state index is 12.0. The van der Waals surface area contributed by atoms with Crippen LogP contribution in [-0.4, -0.2) is 12.1 Å². The molecule has 0 aromatic heterocycles. The first-order chi connectivity index (χ1) is 7.14. The Kier molecular flexibility index (Phi) is 1.80. The summed E-state index contributed by atoms with van der Waals surface area (Å²) in [6, 6.07) is 0. The topological polar surface area (TPSA) is 26.3 Å². The molecular weight excluding hydrogens is 188 g/mol. The molecular formula is C13H18O2. The highest BCUT2D eigenvalue weighted by Gasteiger charge is 2.59. The third kappa shape index (κ3) is 1.03. The largest absolute Gasteiger partial charge is 0.457 e. The number of carbonyl (C=O) groups excluding carboxylic acids is 1. The van der Waals surface area contributed by atoms with Gasteiger partial charge >= 0.3 is 5.97 Å². The van der Waals surface area contributed by atoms with Crippen molar-refractivity contribution in [2.45, 2.75) is 45.6 Å². The Morgan fingerprint density at radius 2 is 2.27 bits per heavy atom. The molecule has 1 saturated carbocycles. The molecule has 2 heteroatoms. The Morgan fingerprint density at radius 3 is 3.07 bits per heavy atom. The minimum atomic E-state index is -0.227. The van der Waals surface area contributed by atoms with Gasteiger partial charge in [0, 0.05) is 5.92 Å². The second kappa shape index (κ2) is 2.87. The molecule has 0 aromatic carbocycles. The molecule has 0 spiro atoms. The zero-order valence-electron chi connectivity index (χ0n) is 9.45. The molecule has 0 radical (unpaired) electrons. The summed E-state index contributed by atoms with van der Waals surface area (Å²) >= 11 is 0. The van der Waals surface area contributed by atoms with Crippen LogP contribution in [0.15, 0.2) is 11.6 Å². The van der Waals surface area contributed by atoms with Crippen molar-refractivity contribution in [1.29, 1.82) is 0 Å². The van der Waals surface area contributed by atoms with Crippen molar-refractivity contribution in [3.63, 3.8) is 0 Å². The fourth-order valence-electron chi connectivity index (χ4n) is 3.65. The summed E-state index contributed by atoms with van der Waals surface area (Å²) < 4.78 is 5.48. The molecule has 0 N–H and O–H groups in total. The molecule has 15 heavy (non-hydrogen) atoms. The van der Waals surface area contributed by atoms with Gasteiger partial charge in [0.25, 0.3) is 0 Å². The lowest BCUT2D eigenvalue weighted by Crippen LogP contribution is -2.42. The summed E-state index contributed by atoms with van der Waals surface area (Å²) in [4.78, 5) is 12.0. The smallest absolute Gasteiger partial charge is 0.313 e. The summed E-state index contributed by atoms with van der Waals surface area (Å²) in [5, 5.41) is 0. The van der Waals surface area contributed by atoms with Crippen molar-refractivity contribution in [3.05, 3.63) is 11.6 Å². The van der Waals surface area contributed by atoms with Crippen LogP contribution in [0.2, 0.25) is 0 Å². The summed E-state index contributed by atoms with van der Waals surface area (Å²) in [6.45, 7) is 4.28. The van der Waals surface area contributed by atoms with Gasteiger partial charge in [0.1, 0.15) is 6.10 Å². The van der Waals surface area contributed by atoms with Crippen LogP contribution >= 0.6 is 0 Å². The summed E-state index contributed by atoms with van der Waals surface area (Å²) in [5.74, 6) is 0.863. The molecule has 4 atom stereocenters. The third-order valence-corrected chi connectivity index (χ3v) is 4.88. The van der Waals surface area contributed by atoms with Crippen LogP contribution in [0.1, 0.15) is 39.5 Å². The summed E-state index contributed by atoms with van der Waals surface area (Å²) in [7, 11) is 0. The van der Waals surface area contributed by atoms with Crippen LogP contribution in [0.4, 0.5) is 0 Å². The Bertz CT molecular complexity index is 344. The third-order valence-electron chi connectivity index (χ3n) is 4.88. The van der Waals surface area contributed by atoms with Gasteiger partial charge in [-0.3, -0.25) is 4.79 Å². The zero-order valence-corrected chi connectivity index (χ0v) is 9.45. The highest BCUT2D eigenvalue weighted by molar-refractivity contribution is 5.81. The van der Waals surface area contributed by atoms with Gasteiger partial charge in [-0.1, -0.05) is 18.9 Å². The van der Waals surface area contributed by atoms with E-state index in [1.54, 1.807) is 0 Å². The van der Waals surface area contributed by atoms with Crippen LogP contribution in [0.5, 0.6) is 0 Å². The van der Waals surface area contributed by atoms with Gasteiger partial charge in [-0.15, -0.1) is 0 Å². The number of hydrogen-bond acceptors (Lipinski definition) is 2. The van der Waals surface area contributed by atoms with Gasteiger partial charge in [0.2, 0.25) is 0 Å². The number of ether oxygens (including phenoxy) is 1. The van der Waals surface area contributed by atoms with Crippen LogP contribution in [0.3, 0.4) is 0 Å². The minimum absolute atomic E-state index is 0.0400. The van der Waals surface area contributed by atoms with Gasteiger partial charge in [-0.2, -0.15) is 0 Å². The van der Waals surface area contributed by atoms with Gasteiger partial charge in [-0.25, -0.2) is 0 Å².